The Morgan fingerprint density at radius 1 is 1.21 bits per heavy atom. The van der Waals surface area contributed by atoms with Crippen molar-refractivity contribution in [1.29, 1.82) is 0 Å². The fourth-order valence-electron chi connectivity index (χ4n) is 7.92. The second kappa shape index (κ2) is 6.71. The molecule has 0 bridgehead atoms. The first-order chi connectivity index (χ1) is 13.4. The van der Waals surface area contributed by atoms with Crippen molar-refractivity contribution in [3.05, 3.63) is 11.8 Å². The van der Waals surface area contributed by atoms with Crippen molar-refractivity contribution < 1.29 is 20.1 Å². The molecule has 0 aromatic heterocycles. The van der Waals surface area contributed by atoms with Gasteiger partial charge in [-0.2, -0.15) is 0 Å². The minimum absolute atomic E-state index is 0.138. The van der Waals surface area contributed by atoms with Crippen LogP contribution in [0.25, 0.3) is 0 Å². The lowest BCUT2D eigenvalue weighted by atomic mass is 9.47. The van der Waals surface area contributed by atoms with Gasteiger partial charge in [0, 0.05) is 29.8 Å². The maximum atomic E-state index is 12.4. The average molecular weight is 406 g/mol. The van der Waals surface area contributed by atoms with Gasteiger partial charge in [-0.3, -0.25) is 4.79 Å². The predicted octanol–water partition coefficient (Wildman–Crippen LogP) is 3.51. The maximum Gasteiger partial charge on any atom is 0.307 e. The van der Waals surface area contributed by atoms with E-state index < -0.39 is 23.4 Å². The third kappa shape index (κ3) is 2.90. The summed E-state index contributed by atoms with van der Waals surface area (Å²) in [7, 11) is 0. The molecule has 0 aromatic rings. The topological polar surface area (TPSA) is 81.0 Å². The summed E-state index contributed by atoms with van der Waals surface area (Å²) in [5.41, 5.74) is 0.614. The highest BCUT2D eigenvalue weighted by atomic mass is 16.4. The Morgan fingerprint density at radius 3 is 2.48 bits per heavy atom. The predicted molar refractivity (Wildman–Crippen MR) is 112 cm³/mol. The molecule has 1 saturated heterocycles. The number of allylic oxidation sites excluding steroid dienone is 1. The Balaban J connectivity index is 1.83. The van der Waals surface area contributed by atoms with Gasteiger partial charge in [0.25, 0.3) is 0 Å². The lowest BCUT2D eigenvalue weighted by Crippen LogP contribution is -2.64. The molecule has 0 radical (unpaired) electrons. The molecular formula is C24H39NO4. The quantitative estimate of drug-likeness (QED) is 0.655. The van der Waals surface area contributed by atoms with Gasteiger partial charge in [-0.15, -0.1) is 0 Å². The number of aliphatic carboxylic acids is 1. The lowest BCUT2D eigenvalue weighted by molar-refractivity contribution is -0.161. The first-order valence-corrected chi connectivity index (χ1v) is 11.5. The summed E-state index contributed by atoms with van der Waals surface area (Å²) in [6.07, 6.45) is 5.86. The minimum Gasteiger partial charge on any atom is -0.481 e. The van der Waals surface area contributed by atoms with Gasteiger partial charge in [0.05, 0.1) is 12.0 Å². The normalized spacial score (nSPS) is 47.1. The summed E-state index contributed by atoms with van der Waals surface area (Å²) in [6, 6.07) is 0. The zero-order valence-electron chi connectivity index (χ0n) is 18.7. The van der Waals surface area contributed by atoms with Crippen LogP contribution in [0.2, 0.25) is 0 Å². The Kier molecular flexibility index (Phi) is 4.90. The molecule has 0 aromatic carbocycles. The summed E-state index contributed by atoms with van der Waals surface area (Å²) in [5, 5.41) is 30.7. The van der Waals surface area contributed by atoms with E-state index in [1.165, 1.54) is 0 Å². The van der Waals surface area contributed by atoms with Crippen LogP contribution in [0.1, 0.15) is 66.7 Å². The van der Waals surface area contributed by atoms with E-state index in [2.05, 4.69) is 39.5 Å². The lowest BCUT2D eigenvalue weighted by Gasteiger charge is -2.64. The van der Waals surface area contributed by atoms with Crippen molar-refractivity contribution in [2.75, 3.05) is 13.2 Å². The van der Waals surface area contributed by atoms with Gasteiger partial charge >= 0.3 is 5.97 Å². The summed E-state index contributed by atoms with van der Waals surface area (Å²) in [5.74, 6) is 0.307. The van der Waals surface area contributed by atoms with Crippen LogP contribution in [0, 0.1) is 40.4 Å². The van der Waals surface area contributed by atoms with Crippen molar-refractivity contribution >= 4 is 5.97 Å². The standard InChI is InChI=1S/C24H39NO4/c1-22(2,3)25-12-16-17-7-6-14(13-26)23(17,4)9-8-18(16)24(5)19(21(28)29)10-15(27)11-20(24)25/h11,14-19,26-27H,6-10,12-13H2,1-5H3,(H,28,29)/t14-,15+,16+,17+,18+,19?,23-,24+/m1/s1. The number of hydrogen-bond acceptors (Lipinski definition) is 4. The Labute approximate surface area is 175 Å². The molecule has 29 heavy (non-hydrogen) atoms. The number of carbonyl (C=O) groups is 1. The van der Waals surface area contributed by atoms with Crippen molar-refractivity contribution in [2.45, 2.75) is 78.4 Å². The first-order valence-electron chi connectivity index (χ1n) is 11.5. The minimum atomic E-state index is -0.778. The molecule has 1 aliphatic heterocycles. The maximum absolute atomic E-state index is 12.4. The number of piperidine rings is 1. The number of fused-ring (bicyclic) bond motifs is 5. The van der Waals surface area contributed by atoms with Crippen LogP contribution in [0.3, 0.4) is 0 Å². The highest BCUT2D eigenvalue weighted by molar-refractivity contribution is 5.72. The second-order valence-electron chi connectivity index (χ2n) is 11.7. The average Bonchev–Trinajstić information content (AvgIpc) is 2.96. The molecule has 1 heterocycles. The van der Waals surface area contributed by atoms with E-state index in [0.717, 1.165) is 37.9 Å². The van der Waals surface area contributed by atoms with Crippen LogP contribution in [-0.2, 0) is 4.79 Å². The fraction of sp³-hybridized carbons (Fsp3) is 0.875. The van der Waals surface area contributed by atoms with Gasteiger partial charge in [0.2, 0.25) is 0 Å². The zero-order chi connectivity index (χ0) is 21.4. The van der Waals surface area contributed by atoms with E-state index in [1.54, 1.807) is 0 Å². The van der Waals surface area contributed by atoms with Crippen molar-refractivity contribution in [1.82, 2.24) is 4.90 Å². The van der Waals surface area contributed by atoms with Crippen molar-refractivity contribution in [3.63, 3.8) is 0 Å². The van der Waals surface area contributed by atoms with E-state index in [-0.39, 0.29) is 17.6 Å². The Bertz CT molecular complexity index is 712. The van der Waals surface area contributed by atoms with Gasteiger partial charge in [-0.05, 0) is 88.0 Å². The number of aliphatic hydroxyl groups is 2. The van der Waals surface area contributed by atoms with Gasteiger partial charge in [0.1, 0.15) is 0 Å². The summed E-state index contributed by atoms with van der Waals surface area (Å²) in [6.45, 7) is 12.3. The zero-order valence-corrected chi connectivity index (χ0v) is 18.7. The molecule has 8 atom stereocenters. The molecule has 4 rings (SSSR count). The fourth-order valence-corrected chi connectivity index (χ4v) is 7.92. The number of rotatable bonds is 2. The van der Waals surface area contributed by atoms with E-state index in [9.17, 15) is 20.1 Å². The molecule has 3 aliphatic carbocycles. The molecule has 1 unspecified atom stereocenters. The van der Waals surface area contributed by atoms with Gasteiger partial charge < -0.3 is 20.2 Å². The Morgan fingerprint density at radius 2 is 1.90 bits per heavy atom. The SMILES string of the molecule is CC(C)(C)N1C[C@H]2[C@@H]3CC[C@H](CO)[C@@]3(C)CC[C@@H]2[C@]2(C)C1=C[C@@H](O)CC2C(=O)O. The van der Waals surface area contributed by atoms with E-state index in [4.69, 9.17) is 0 Å². The molecule has 3 fully saturated rings. The molecule has 3 N–H and O–H groups in total. The van der Waals surface area contributed by atoms with Crippen molar-refractivity contribution in [3.8, 4) is 0 Å². The Hall–Kier alpha value is -1.07. The molecule has 5 nitrogen and oxygen atoms in total. The van der Waals surface area contributed by atoms with E-state index >= 15 is 0 Å². The van der Waals surface area contributed by atoms with Gasteiger partial charge in [-0.1, -0.05) is 13.8 Å². The number of hydrogen-bond donors (Lipinski definition) is 3. The molecule has 0 amide bonds. The third-order valence-electron chi connectivity index (χ3n) is 9.52. The summed E-state index contributed by atoms with van der Waals surface area (Å²) >= 11 is 0. The summed E-state index contributed by atoms with van der Waals surface area (Å²) in [4.78, 5) is 14.8. The smallest absolute Gasteiger partial charge is 0.307 e. The summed E-state index contributed by atoms with van der Waals surface area (Å²) < 4.78 is 0. The number of nitrogens with zero attached hydrogens (tertiary/aromatic N) is 1. The molecular weight excluding hydrogens is 366 g/mol. The molecule has 0 spiro atoms. The molecule has 4 aliphatic rings. The molecule has 2 saturated carbocycles. The van der Waals surface area contributed by atoms with Crippen LogP contribution < -0.4 is 0 Å². The van der Waals surface area contributed by atoms with Gasteiger partial charge in [-0.25, -0.2) is 0 Å². The van der Waals surface area contributed by atoms with E-state index in [1.807, 2.05) is 6.08 Å². The third-order valence-corrected chi connectivity index (χ3v) is 9.52. The van der Waals surface area contributed by atoms with Crippen LogP contribution in [-0.4, -0.2) is 51.0 Å². The second-order valence-corrected chi connectivity index (χ2v) is 11.7. The number of aliphatic hydroxyl groups excluding tert-OH is 2. The van der Waals surface area contributed by atoms with Crippen LogP contribution >= 0.6 is 0 Å². The van der Waals surface area contributed by atoms with Gasteiger partial charge in [0.15, 0.2) is 0 Å². The first kappa shape index (κ1) is 21.2. The molecule has 5 heteroatoms. The number of carboxylic acid groups (broad SMARTS) is 1. The van der Waals surface area contributed by atoms with Crippen LogP contribution in [0.15, 0.2) is 11.8 Å². The highest BCUT2D eigenvalue weighted by Crippen LogP contribution is 2.67. The highest BCUT2D eigenvalue weighted by Gasteiger charge is 2.64. The van der Waals surface area contributed by atoms with Crippen molar-refractivity contribution in [2.24, 2.45) is 40.4 Å². The monoisotopic (exact) mass is 405 g/mol. The van der Waals surface area contributed by atoms with Crippen LogP contribution in [0.4, 0.5) is 0 Å². The number of likely N-dealkylation sites (tertiary alicyclic amines) is 1. The van der Waals surface area contributed by atoms with Crippen LogP contribution in [0.5, 0.6) is 0 Å². The largest absolute Gasteiger partial charge is 0.481 e. The molecule has 164 valence electrons. The number of carboxylic acids is 1. The van der Waals surface area contributed by atoms with E-state index in [0.29, 0.717) is 30.1 Å².